The SMILES string of the molecule is CCOc1ccc(S(=O)(=O)N2CCOc3ccc(COCc4cccc(F)c4)cc3C2)cc1. The second kappa shape index (κ2) is 10.3. The zero-order valence-corrected chi connectivity index (χ0v) is 19.2. The van der Waals surface area contributed by atoms with Gasteiger partial charge in [0.1, 0.15) is 23.9 Å². The number of fused-ring (bicyclic) bond motifs is 1. The minimum absolute atomic E-state index is 0.197. The molecule has 1 aliphatic rings. The number of halogens is 1. The molecule has 3 aromatic rings. The Morgan fingerprint density at radius 2 is 1.76 bits per heavy atom. The quantitative estimate of drug-likeness (QED) is 0.483. The highest BCUT2D eigenvalue weighted by Gasteiger charge is 2.28. The Kier molecular flexibility index (Phi) is 7.27. The second-order valence-electron chi connectivity index (χ2n) is 7.66. The van der Waals surface area contributed by atoms with E-state index in [2.05, 4.69) is 0 Å². The minimum atomic E-state index is -3.70. The lowest BCUT2D eigenvalue weighted by atomic mass is 10.1. The van der Waals surface area contributed by atoms with Crippen molar-refractivity contribution in [1.82, 2.24) is 4.31 Å². The smallest absolute Gasteiger partial charge is 0.243 e. The molecule has 0 aliphatic carbocycles. The van der Waals surface area contributed by atoms with Crippen molar-refractivity contribution in [1.29, 1.82) is 0 Å². The second-order valence-corrected chi connectivity index (χ2v) is 9.59. The summed E-state index contributed by atoms with van der Waals surface area (Å²) >= 11 is 0. The number of hydrogen-bond acceptors (Lipinski definition) is 5. The summed E-state index contributed by atoms with van der Waals surface area (Å²) in [7, 11) is -3.70. The van der Waals surface area contributed by atoms with Gasteiger partial charge in [-0.2, -0.15) is 4.31 Å². The topological polar surface area (TPSA) is 65.1 Å². The standard InChI is InChI=1S/C25H26FNO5S/c1-2-31-23-7-9-24(10-8-23)33(28,29)27-12-13-32-25-11-6-20(14-21(25)16-27)18-30-17-19-4-3-5-22(26)15-19/h3-11,14-15H,2,12-13,16-18H2,1H3. The first-order chi connectivity index (χ1) is 16.0. The van der Waals surface area contributed by atoms with Crippen LogP contribution in [-0.4, -0.2) is 32.5 Å². The van der Waals surface area contributed by atoms with Gasteiger partial charge in [-0.3, -0.25) is 0 Å². The predicted octanol–water partition coefficient (Wildman–Crippen LogP) is 4.52. The third-order valence-corrected chi connectivity index (χ3v) is 7.13. The molecule has 0 saturated heterocycles. The van der Waals surface area contributed by atoms with E-state index in [1.54, 1.807) is 36.4 Å². The summed E-state index contributed by atoms with van der Waals surface area (Å²) in [6.45, 7) is 3.69. The fourth-order valence-electron chi connectivity index (χ4n) is 3.66. The van der Waals surface area contributed by atoms with Crippen LogP contribution in [0.5, 0.6) is 11.5 Å². The summed E-state index contributed by atoms with van der Waals surface area (Å²) in [6.07, 6.45) is 0. The molecule has 0 bridgehead atoms. The zero-order valence-electron chi connectivity index (χ0n) is 18.4. The Labute approximate surface area is 193 Å². The minimum Gasteiger partial charge on any atom is -0.494 e. The van der Waals surface area contributed by atoms with E-state index in [-0.39, 0.29) is 37.0 Å². The first kappa shape index (κ1) is 23.2. The van der Waals surface area contributed by atoms with E-state index in [4.69, 9.17) is 14.2 Å². The molecule has 1 heterocycles. The fourth-order valence-corrected chi connectivity index (χ4v) is 5.06. The molecular formula is C25H26FNO5S. The largest absolute Gasteiger partial charge is 0.494 e. The van der Waals surface area contributed by atoms with Crippen molar-refractivity contribution in [2.45, 2.75) is 31.6 Å². The Hall–Kier alpha value is -2.94. The van der Waals surface area contributed by atoms with Crippen molar-refractivity contribution < 1.29 is 27.0 Å². The predicted molar refractivity (Wildman–Crippen MR) is 122 cm³/mol. The van der Waals surface area contributed by atoms with Crippen LogP contribution in [-0.2, 0) is 34.5 Å². The van der Waals surface area contributed by atoms with E-state index in [1.165, 1.54) is 16.4 Å². The lowest BCUT2D eigenvalue weighted by molar-refractivity contribution is 0.107. The highest BCUT2D eigenvalue weighted by Crippen LogP contribution is 2.28. The number of rotatable bonds is 8. The summed E-state index contributed by atoms with van der Waals surface area (Å²) < 4.78 is 58.1. The molecule has 0 spiro atoms. The molecule has 0 radical (unpaired) electrons. The zero-order chi connectivity index (χ0) is 23.3. The van der Waals surface area contributed by atoms with Gasteiger partial charge in [-0.15, -0.1) is 0 Å². The summed E-state index contributed by atoms with van der Waals surface area (Å²) in [5, 5.41) is 0. The molecule has 174 valence electrons. The highest BCUT2D eigenvalue weighted by atomic mass is 32.2. The lowest BCUT2D eigenvalue weighted by Crippen LogP contribution is -2.32. The van der Waals surface area contributed by atoms with Crippen LogP contribution in [0.2, 0.25) is 0 Å². The van der Waals surface area contributed by atoms with Gasteiger partial charge >= 0.3 is 0 Å². The number of sulfonamides is 1. The number of ether oxygens (including phenoxy) is 3. The molecule has 0 saturated carbocycles. The molecule has 0 N–H and O–H groups in total. The molecule has 33 heavy (non-hydrogen) atoms. The van der Waals surface area contributed by atoms with Crippen molar-refractivity contribution in [3.63, 3.8) is 0 Å². The summed E-state index contributed by atoms with van der Waals surface area (Å²) in [5.41, 5.74) is 2.41. The fraction of sp³-hybridized carbons (Fsp3) is 0.280. The summed E-state index contributed by atoms with van der Waals surface area (Å²) in [5.74, 6) is 0.990. The molecule has 8 heteroatoms. The molecule has 0 unspecified atom stereocenters. The van der Waals surface area contributed by atoms with Crippen molar-refractivity contribution >= 4 is 10.0 Å². The van der Waals surface area contributed by atoms with E-state index >= 15 is 0 Å². The maximum atomic E-state index is 13.3. The summed E-state index contributed by atoms with van der Waals surface area (Å²) in [4.78, 5) is 0.212. The number of hydrogen-bond donors (Lipinski definition) is 0. The van der Waals surface area contributed by atoms with Crippen LogP contribution in [0.3, 0.4) is 0 Å². The molecule has 1 aliphatic heterocycles. The average Bonchev–Trinajstić information content (AvgIpc) is 3.02. The van der Waals surface area contributed by atoms with E-state index in [0.29, 0.717) is 24.7 Å². The Bertz CT molecular complexity index is 1200. The van der Waals surface area contributed by atoms with Crippen LogP contribution in [0.4, 0.5) is 4.39 Å². The average molecular weight is 472 g/mol. The van der Waals surface area contributed by atoms with Crippen LogP contribution in [0, 0.1) is 5.82 Å². The monoisotopic (exact) mass is 471 g/mol. The van der Waals surface area contributed by atoms with Crippen LogP contribution in [0.1, 0.15) is 23.6 Å². The van der Waals surface area contributed by atoms with Crippen LogP contribution in [0.25, 0.3) is 0 Å². The third-order valence-electron chi connectivity index (χ3n) is 5.27. The normalized spacial score (nSPS) is 14.2. The molecular weight excluding hydrogens is 445 g/mol. The van der Waals surface area contributed by atoms with Gasteiger partial charge in [0.2, 0.25) is 10.0 Å². The van der Waals surface area contributed by atoms with Gasteiger partial charge in [0, 0.05) is 18.7 Å². The van der Waals surface area contributed by atoms with Crippen molar-refractivity contribution in [3.8, 4) is 11.5 Å². The first-order valence-corrected chi connectivity index (χ1v) is 12.2. The maximum Gasteiger partial charge on any atom is 0.243 e. The van der Waals surface area contributed by atoms with Gasteiger partial charge < -0.3 is 14.2 Å². The van der Waals surface area contributed by atoms with Crippen molar-refractivity contribution in [3.05, 3.63) is 89.2 Å². The van der Waals surface area contributed by atoms with E-state index < -0.39 is 10.0 Å². The van der Waals surface area contributed by atoms with Gasteiger partial charge in [0.05, 0.1) is 24.7 Å². The summed E-state index contributed by atoms with van der Waals surface area (Å²) in [6, 6.07) is 18.3. The van der Waals surface area contributed by atoms with E-state index in [1.807, 2.05) is 25.1 Å². The molecule has 3 aromatic carbocycles. The maximum absolute atomic E-state index is 13.3. The first-order valence-electron chi connectivity index (χ1n) is 10.8. The number of benzene rings is 3. The van der Waals surface area contributed by atoms with Crippen LogP contribution in [0.15, 0.2) is 71.6 Å². The molecule has 6 nitrogen and oxygen atoms in total. The van der Waals surface area contributed by atoms with E-state index in [9.17, 15) is 12.8 Å². The van der Waals surface area contributed by atoms with Gasteiger partial charge in [0.15, 0.2) is 0 Å². The molecule has 0 atom stereocenters. The molecule has 0 fully saturated rings. The van der Waals surface area contributed by atoms with Gasteiger partial charge in [-0.25, -0.2) is 12.8 Å². The lowest BCUT2D eigenvalue weighted by Gasteiger charge is -2.20. The number of nitrogens with zero attached hydrogens (tertiary/aromatic N) is 1. The van der Waals surface area contributed by atoms with Crippen LogP contribution >= 0.6 is 0 Å². The molecule has 4 rings (SSSR count). The van der Waals surface area contributed by atoms with Crippen molar-refractivity contribution in [2.24, 2.45) is 0 Å². The van der Waals surface area contributed by atoms with Gasteiger partial charge in [-0.05, 0) is 66.6 Å². The third kappa shape index (κ3) is 5.71. The Morgan fingerprint density at radius 1 is 1.00 bits per heavy atom. The van der Waals surface area contributed by atoms with Crippen molar-refractivity contribution in [2.75, 3.05) is 19.8 Å². The van der Waals surface area contributed by atoms with Crippen LogP contribution < -0.4 is 9.47 Å². The molecule has 0 aromatic heterocycles. The van der Waals surface area contributed by atoms with Gasteiger partial charge in [-0.1, -0.05) is 18.2 Å². The highest BCUT2D eigenvalue weighted by molar-refractivity contribution is 7.89. The van der Waals surface area contributed by atoms with Gasteiger partial charge in [0.25, 0.3) is 0 Å². The Balaban J connectivity index is 1.46. The Morgan fingerprint density at radius 3 is 2.48 bits per heavy atom. The molecule has 0 amide bonds. The van der Waals surface area contributed by atoms with E-state index in [0.717, 1.165) is 16.7 Å².